The molecule has 0 radical (unpaired) electrons. The fourth-order valence-corrected chi connectivity index (χ4v) is 3.14. The van der Waals surface area contributed by atoms with Gasteiger partial charge in [-0.3, -0.25) is 9.67 Å². The Kier molecular flexibility index (Phi) is 3.88. The summed E-state index contributed by atoms with van der Waals surface area (Å²) in [4.78, 5) is 13.0. The average molecular weight is 308 g/mol. The minimum absolute atomic E-state index is 0.534. The van der Waals surface area contributed by atoms with E-state index in [9.17, 15) is 0 Å². The van der Waals surface area contributed by atoms with Crippen LogP contribution in [0.4, 0.5) is 5.95 Å². The summed E-state index contributed by atoms with van der Waals surface area (Å²) in [5.74, 6) is 0.637. The van der Waals surface area contributed by atoms with Crippen molar-refractivity contribution in [3.05, 3.63) is 42.5 Å². The molecule has 0 bridgehead atoms. The van der Waals surface area contributed by atoms with Crippen LogP contribution in [-0.4, -0.2) is 31.3 Å². The number of rotatable bonds is 5. The van der Waals surface area contributed by atoms with Gasteiger partial charge in [0.25, 0.3) is 0 Å². The lowest BCUT2D eigenvalue weighted by atomic mass is 10.2. The van der Waals surface area contributed by atoms with Crippen LogP contribution in [0, 0.1) is 0 Å². The SMILES string of the molecule is c1cncc(CCNc2ncc3cn(C4CCCC4)nc3n2)c1. The van der Waals surface area contributed by atoms with Crippen molar-refractivity contribution in [2.24, 2.45) is 0 Å². The van der Waals surface area contributed by atoms with Crippen LogP contribution in [0.3, 0.4) is 0 Å². The van der Waals surface area contributed by atoms with E-state index in [-0.39, 0.29) is 0 Å². The molecule has 0 aliphatic heterocycles. The molecule has 3 heterocycles. The highest BCUT2D eigenvalue weighted by Crippen LogP contribution is 2.29. The monoisotopic (exact) mass is 308 g/mol. The van der Waals surface area contributed by atoms with E-state index in [4.69, 9.17) is 0 Å². The number of nitrogens with zero attached hydrogens (tertiary/aromatic N) is 5. The second-order valence-electron chi connectivity index (χ2n) is 6.06. The topological polar surface area (TPSA) is 68.5 Å². The summed E-state index contributed by atoms with van der Waals surface area (Å²) in [7, 11) is 0. The first-order chi connectivity index (χ1) is 11.4. The van der Waals surface area contributed by atoms with E-state index in [1.807, 2.05) is 18.5 Å². The van der Waals surface area contributed by atoms with Gasteiger partial charge in [-0.15, -0.1) is 0 Å². The second-order valence-corrected chi connectivity index (χ2v) is 6.06. The van der Waals surface area contributed by atoms with Crippen molar-refractivity contribution in [1.29, 1.82) is 0 Å². The minimum atomic E-state index is 0.534. The number of hydrogen-bond donors (Lipinski definition) is 1. The van der Waals surface area contributed by atoms with Crippen LogP contribution in [0.2, 0.25) is 0 Å². The molecule has 23 heavy (non-hydrogen) atoms. The Balaban J connectivity index is 1.43. The smallest absolute Gasteiger partial charge is 0.224 e. The minimum Gasteiger partial charge on any atom is -0.354 e. The molecule has 1 N–H and O–H groups in total. The van der Waals surface area contributed by atoms with Crippen molar-refractivity contribution in [3.8, 4) is 0 Å². The summed E-state index contributed by atoms with van der Waals surface area (Å²) in [6.07, 6.45) is 13.5. The lowest BCUT2D eigenvalue weighted by Crippen LogP contribution is -2.08. The van der Waals surface area contributed by atoms with Gasteiger partial charge in [-0.25, -0.2) is 4.98 Å². The fourth-order valence-electron chi connectivity index (χ4n) is 3.14. The maximum atomic E-state index is 4.64. The molecule has 0 saturated heterocycles. The Morgan fingerprint density at radius 2 is 2.13 bits per heavy atom. The van der Waals surface area contributed by atoms with E-state index in [0.29, 0.717) is 12.0 Å². The van der Waals surface area contributed by atoms with E-state index < -0.39 is 0 Å². The largest absolute Gasteiger partial charge is 0.354 e. The lowest BCUT2D eigenvalue weighted by molar-refractivity contribution is 0.470. The Labute approximate surface area is 135 Å². The zero-order valence-electron chi connectivity index (χ0n) is 13.0. The van der Waals surface area contributed by atoms with Crippen LogP contribution >= 0.6 is 0 Å². The predicted octanol–water partition coefficient (Wildman–Crippen LogP) is 2.99. The summed E-state index contributed by atoms with van der Waals surface area (Å²) >= 11 is 0. The maximum absolute atomic E-state index is 4.64. The van der Waals surface area contributed by atoms with Crippen LogP contribution in [0.25, 0.3) is 11.0 Å². The molecule has 3 aromatic rings. The number of fused-ring (bicyclic) bond motifs is 1. The van der Waals surface area contributed by atoms with Gasteiger partial charge in [0, 0.05) is 31.3 Å². The van der Waals surface area contributed by atoms with Crippen LogP contribution in [0.5, 0.6) is 0 Å². The molecule has 1 aliphatic rings. The van der Waals surface area contributed by atoms with E-state index in [2.05, 4.69) is 42.3 Å². The van der Waals surface area contributed by atoms with Gasteiger partial charge in [-0.1, -0.05) is 18.9 Å². The molecule has 1 saturated carbocycles. The molecule has 1 aliphatic carbocycles. The Hall–Kier alpha value is -2.50. The van der Waals surface area contributed by atoms with Crippen molar-refractivity contribution < 1.29 is 0 Å². The molecule has 1 fully saturated rings. The molecule has 0 atom stereocenters. The van der Waals surface area contributed by atoms with E-state index >= 15 is 0 Å². The number of aromatic nitrogens is 5. The lowest BCUT2D eigenvalue weighted by Gasteiger charge is -2.07. The first kappa shape index (κ1) is 14.1. The van der Waals surface area contributed by atoms with Gasteiger partial charge in [0.05, 0.1) is 11.4 Å². The third-order valence-electron chi connectivity index (χ3n) is 4.40. The summed E-state index contributed by atoms with van der Waals surface area (Å²) < 4.78 is 2.08. The second kappa shape index (κ2) is 6.32. The quantitative estimate of drug-likeness (QED) is 0.784. The van der Waals surface area contributed by atoms with Crippen molar-refractivity contribution in [2.75, 3.05) is 11.9 Å². The molecule has 3 aromatic heterocycles. The van der Waals surface area contributed by atoms with Crippen LogP contribution in [0.15, 0.2) is 36.9 Å². The number of hydrogen-bond acceptors (Lipinski definition) is 5. The third-order valence-corrected chi connectivity index (χ3v) is 4.40. The van der Waals surface area contributed by atoms with Gasteiger partial charge in [-0.05, 0) is 30.9 Å². The molecule has 0 spiro atoms. The Morgan fingerprint density at radius 1 is 1.22 bits per heavy atom. The summed E-state index contributed by atoms with van der Waals surface area (Å²) in [6, 6.07) is 4.56. The molecule has 4 rings (SSSR count). The highest BCUT2D eigenvalue weighted by molar-refractivity contribution is 5.73. The average Bonchev–Trinajstić information content (AvgIpc) is 3.24. The van der Waals surface area contributed by atoms with Gasteiger partial charge in [0.2, 0.25) is 5.95 Å². The molecule has 118 valence electrons. The molecule has 0 amide bonds. The number of nitrogens with one attached hydrogen (secondary N) is 1. The Bertz CT molecular complexity index is 776. The van der Waals surface area contributed by atoms with E-state index in [1.165, 1.54) is 31.2 Å². The molecule has 6 heteroatoms. The van der Waals surface area contributed by atoms with Gasteiger partial charge in [0.15, 0.2) is 5.65 Å². The zero-order valence-corrected chi connectivity index (χ0v) is 13.0. The first-order valence-electron chi connectivity index (χ1n) is 8.23. The van der Waals surface area contributed by atoms with Crippen molar-refractivity contribution in [2.45, 2.75) is 38.1 Å². The van der Waals surface area contributed by atoms with Crippen LogP contribution in [-0.2, 0) is 6.42 Å². The van der Waals surface area contributed by atoms with Crippen LogP contribution in [0.1, 0.15) is 37.3 Å². The van der Waals surface area contributed by atoms with E-state index in [1.54, 1.807) is 6.20 Å². The summed E-state index contributed by atoms with van der Waals surface area (Å²) in [6.45, 7) is 0.778. The molecule has 6 nitrogen and oxygen atoms in total. The van der Waals surface area contributed by atoms with Gasteiger partial charge in [-0.2, -0.15) is 10.1 Å². The summed E-state index contributed by atoms with van der Waals surface area (Å²) in [5, 5.41) is 8.91. The standard InChI is InChI=1S/C17H20N6/c1-2-6-15(5-1)23-12-14-11-20-17(21-16(14)22-23)19-9-7-13-4-3-8-18-10-13/h3-4,8,10-12,15H,1-2,5-7,9H2,(H,19,21,22). The molecule has 0 unspecified atom stereocenters. The van der Waals surface area contributed by atoms with Crippen molar-refractivity contribution in [1.82, 2.24) is 24.7 Å². The maximum Gasteiger partial charge on any atom is 0.224 e. The van der Waals surface area contributed by atoms with Crippen molar-refractivity contribution >= 4 is 17.0 Å². The zero-order chi connectivity index (χ0) is 15.5. The number of anilines is 1. The normalized spacial score (nSPS) is 15.3. The van der Waals surface area contributed by atoms with Gasteiger partial charge >= 0.3 is 0 Å². The molecular weight excluding hydrogens is 288 g/mol. The molecule has 0 aromatic carbocycles. The summed E-state index contributed by atoms with van der Waals surface area (Å²) in [5.41, 5.74) is 1.97. The first-order valence-corrected chi connectivity index (χ1v) is 8.23. The Morgan fingerprint density at radius 3 is 2.96 bits per heavy atom. The highest BCUT2D eigenvalue weighted by atomic mass is 15.3. The van der Waals surface area contributed by atoms with Gasteiger partial charge < -0.3 is 5.32 Å². The number of pyridine rings is 1. The predicted molar refractivity (Wildman–Crippen MR) is 89.3 cm³/mol. The highest BCUT2D eigenvalue weighted by Gasteiger charge is 2.18. The van der Waals surface area contributed by atoms with Gasteiger partial charge in [0.1, 0.15) is 0 Å². The van der Waals surface area contributed by atoms with Crippen molar-refractivity contribution in [3.63, 3.8) is 0 Å². The molecular formula is C17H20N6. The van der Waals surface area contributed by atoms with E-state index in [0.717, 1.165) is 24.0 Å². The fraction of sp³-hybridized carbons (Fsp3) is 0.412. The van der Waals surface area contributed by atoms with Crippen LogP contribution < -0.4 is 5.32 Å². The third kappa shape index (κ3) is 3.16.